The molecular weight excluding hydrogens is 295 g/mol. The van der Waals surface area contributed by atoms with Crippen LogP contribution in [0.4, 0.5) is 13.2 Å². The standard InChI is InChI=1S/C15H20F3N3O/c1-11(22)20-7-8-21(14(2,3)10-20)9-13-12(15(16,17)18)5-4-6-19-13/h4-6H,7-10H2,1-3H3. The fourth-order valence-corrected chi connectivity index (χ4v) is 2.75. The zero-order valence-corrected chi connectivity index (χ0v) is 12.9. The van der Waals surface area contributed by atoms with Crippen LogP contribution in [0.3, 0.4) is 0 Å². The summed E-state index contributed by atoms with van der Waals surface area (Å²) in [6.45, 7) is 7.03. The van der Waals surface area contributed by atoms with Crippen molar-refractivity contribution in [3.63, 3.8) is 0 Å². The van der Waals surface area contributed by atoms with Gasteiger partial charge in [-0.15, -0.1) is 0 Å². The third-order valence-corrected chi connectivity index (χ3v) is 4.06. The molecule has 0 saturated carbocycles. The number of pyridine rings is 1. The molecule has 0 N–H and O–H groups in total. The van der Waals surface area contributed by atoms with Gasteiger partial charge in [0.25, 0.3) is 0 Å². The Morgan fingerprint density at radius 2 is 2.05 bits per heavy atom. The maximum atomic E-state index is 13.1. The van der Waals surface area contributed by atoms with E-state index in [1.165, 1.54) is 19.2 Å². The smallest absolute Gasteiger partial charge is 0.340 e. The second kappa shape index (κ2) is 5.87. The molecule has 1 aliphatic heterocycles. The minimum atomic E-state index is -4.41. The summed E-state index contributed by atoms with van der Waals surface area (Å²) in [5, 5.41) is 0. The molecule has 0 radical (unpaired) electrons. The van der Waals surface area contributed by atoms with Crippen LogP contribution < -0.4 is 0 Å². The predicted molar refractivity (Wildman–Crippen MR) is 76.0 cm³/mol. The maximum Gasteiger partial charge on any atom is 0.418 e. The lowest BCUT2D eigenvalue weighted by Crippen LogP contribution is -2.59. The quantitative estimate of drug-likeness (QED) is 0.841. The molecule has 0 atom stereocenters. The van der Waals surface area contributed by atoms with E-state index in [0.717, 1.165) is 6.07 Å². The zero-order valence-electron chi connectivity index (χ0n) is 12.9. The minimum Gasteiger partial charge on any atom is -0.340 e. The van der Waals surface area contributed by atoms with Crippen LogP contribution in [0, 0.1) is 0 Å². The fourth-order valence-electron chi connectivity index (χ4n) is 2.75. The summed E-state index contributed by atoms with van der Waals surface area (Å²) in [4.78, 5) is 19.1. The lowest BCUT2D eigenvalue weighted by atomic mass is 9.97. The third kappa shape index (κ3) is 3.58. The molecular formula is C15H20F3N3O. The molecule has 7 heteroatoms. The van der Waals surface area contributed by atoms with E-state index in [1.54, 1.807) is 4.90 Å². The molecule has 0 unspecified atom stereocenters. The molecule has 22 heavy (non-hydrogen) atoms. The van der Waals surface area contributed by atoms with Crippen molar-refractivity contribution >= 4 is 5.91 Å². The van der Waals surface area contributed by atoms with Crippen molar-refractivity contribution in [2.24, 2.45) is 0 Å². The van der Waals surface area contributed by atoms with Gasteiger partial charge in [-0.2, -0.15) is 13.2 Å². The van der Waals surface area contributed by atoms with E-state index in [0.29, 0.717) is 19.6 Å². The number of alkyl halides is 3. The van der Waals surface area contributed by atoms with Gasteiger partial charge in [-0.3, -0.25) is 14.7 Å². The van der Waals surface area contributed by atoms with E-state index < -0.39 is 17.3 Å². The molecule has 1 amide bonds. The predicted octanol–water partition coefficient (Wildman–Crippen LogP) is 2.54. The van der Waals surface area contributed by atoms with Crippen LogP contribution in [0.25, 0.3) is 0 Å². The average molecular weight is 315 g/mol. The number of carbonyl (C=O) groups is 1. The van der Waals surface area contributed by atoms with Crippen LogP contribution in [0.5, 0.6) is 0 Å². The number of carbonyl (C=O) groups excluding carboxylic acids is 1. The largest absolute Gasteiger partial charge is 0.418 e. The van der Waals surface area contributed by atoms with Gasteiger partial charge >= 0.3 is 6.18 Å². The molecule has 1 fully saturated rings. The van der Waals surface area contributed by atoms with Crippen LogP contribution in [0.15, 0.2) is 18.3 Å². The van der Waals surface area contributed by atoms with Crippen molar-refractivity contribution in [3.05, 3.63) is 29.6 Å². The molecule has 0 bridgehead atoms. The molecule has 1 aromatic heterocycles. The number of aromatic nitrogens is 1. The molecule has 1 saturated heterocycles. The normalized spacial score (nSPS) is 19.3. The average Bonchev–Trinajstić information content (AvgIpc) is 2.40. The van der Waals surface area contributed by atoms with Crippen LogP contribution in [0.1, 0.15) is 32.0 Å². The second-order valence-electron chi connectivity index (χ2n) is 6.17. The molecule has 0 aromatic carbocycles. The summed E-state index contributed by atoms with van der Waals surface area (Å²) in [6.07, 6.45) is -3.03. The SMILES string of the molecule is CC(=O)N1CCN(Cc2ncccc2C(F)(F)F)C(C)(C)C1. The Morgan fingerprint density at radius 1 is 1.36 bits per heavy atom. The number of nitrogens with zero attached hydrogens (tertiary/aromatic N) is 3. The first-order chi connectivity index (χ1) is 10.1. The highest BCUT2D eigenvalue weighted by Gasteiger charge is 2.38. The van der Waals surface area contributed by atoms with Crippen LogP contribution in [-0.4, -0.2) is 45.9 Å². The molecule has 4 nitrogen and oxygen atoms in total. The van der Waals surface area contributed by atoms with E-state index in [9.17, 15) is 18.0 Å². The number of amides is 1. The molecule has 1 aromatic rings. The van der Waals surface area contributed by atoms with Gasteiger partial charge in [-0.25, -0.2) is 0 Å². The van der Waals surface area contributed by atoms with E-state index in [-0.39, 0.29) is 18.1 Å². The molecule has 1 aliphatic rings. The topological polar surface area (TPSA) is 36.4 Å². The van der Waals surface area contributed by atoms with Gasteiger partial charge in [-0.05, 0) is 26.0 Å². The van der Waals surface area contributed by atoms with Crippen molar-refractivity contribution in [1.29, 1.82) is 0 Å². The van der Waals surface area contributed by atoms with Crippen molar-refractivity contribution in [2.75, 3.05) is 19.6 Å². The highest BCUT2D eigenvalue weighted by atomic mass is 19.4. The maximum absolute atomic E-state index is 13.1. The Labute approximate surface area is 127 Å². The van der Waals surface area contributed by atoms with Gasteiger partial charge in [0.05, 0.1) is 11.3 Å². The Kier molecular flexibility index (Phi) is 4.47. The summed E-state index contributed by atoms with van der Waals surface area (Å²) >= 11 is 0. The lowest BCUT2D eigenvalue weighted by Gasteiger charge is -2.47. The number of piperazine rings is 1. The highest BCUT2D eigenvalue weighted by Crippen LogP contribution is 2.32. The summed E-state index contributed by atoms with van der Waals surface area (Å²) in [5.74, 6) is -0.0125. The van der Waals surface area contributed by atoms with Crippen molar-refractivity contribution in [1.82, 2.24) is 14.8 Å². The summed E-state index contributed by atoms with van der Waals surface area (Å²) in [7, 11) is 0. The second-order valence-corrected chi connectivity index (χ2v) is 6.17. The van der Waals surface area contributed by atoms with E-state index in [4.69, 9.17) is 0 Å². The summed E-state index contributed by atoms with van der Waals surface area (Å²) in [6, 6.07) is 2.35. The Morgan fingerprint density at radius 3 is 2.59 bits per heavy atom. The van der Waals surface area contributed by atoms with E-state index in [2.05, 4.69) is 4.98 Å². The Balaban J connectivity index is 2.20. The van der Waals surface area contributed by atoms with Gasteiger partial charge in [0.1, 0.15) is 0 Å². The number of halogens is 3. The number of rotatable bonds is 2. The first-order valence-electron chi connectivity index (χ1n) is 7.13. The van der Waals surface area contributed by atoms with Crippen LogP contribution >= 0.6 is 0 Å². The number of hydrogen-bond acceptors (Lipinski definition) is 3. The molecule has 0 aliphatic carbocycles. The summed E-state index contributed by atoms with van der Waals surface area (Å²) in [5.41, 5.74) is -1.07. The molecule has 122 valence electrons. The van der Waals surface area contributed by atoms with Gasteiger partial charge < -0.3 is 4.90 Å². The number of hydrogen-bond donors (Lipinski definition) is 0. The monoisotopic (exact) mass is 315 g/mol. The van der Waals surface area contributed by atoms with Crippen molar-refractivity contribution in [3.8, 4) is 0 Å². The van der Waals surface area contributed by atoms with Crippen molar-refractivity contribution < 1.29 is 18.0 Å². The minimum absolute atomic E-state index is 0.0125. The van der Waals surface area contributed by atoms with Crippen LogP contribution in [0.2, 0.25) is 0 Å². The van der Waals surface area contributed by atoms with Gasteiger partial charge in [0.15, 0.2) is 0 Å². The fraction of sp³-hybridized carbons (Fsp3) is 0.600. The lowest BCUT2D eigenvalue weighted by molar-refractivity contribution is -0.139. The van der Waals surface area contributed by atoms with E-state index >= 15 is 0 Å². The van der Waals surface area contributed by atoms with Gasteiger partial charge in [0, 0.05) is 44.8 Å². The van der Waals surface area contributed by atoms with Crippen molar-refractivity contribution in [2.45, 2.75) is 39.0 Å². The van der Waals surface area contributed by atoms with Gasteiger partial charge in [-0.1, -0.05) is 0 Å². The van der Waals surface area contributed by atoms with Gasteiger partial charge in [0.2, 0.25) is 5.91 Å². The highest BCUT2D eigenvalue weighted by molar-refractivity contribution is 5.73. The first-order valence-corrected chi connectivity index (χ1v) is 7.13. The summed E-state index contributed by atoms with van der Waals surface area (Å²) < 4.78 is 39.2. The molecule has 2 rings (SSSR count). The molecule has 0 spiro atoms. The van der Waals surface area contributed by atoms with E-state index in [1.807, 2.05) is 18.7 Å². The Bertz CT molecular complexity index is 557. The Hall–Kier alpha value is -1.63. The zero-order chi connectivity index (χ0) is 16.5. The first kappa shape index (κ1) is 16.7. The third-order valence-electron chi connectivity index (χ3n) is 4.06. The molecule has 2 heterocycles. The van der Waals surface area contributed by atoms with Crippen LogP contribution in [-0.2, 0) is 17.5 Å².